The average Bonchev–Trinajstić information content (AvgIpc) is 3.37. The van der Waals surface area contributed by atoms with E-state index in [0.29, 0.717) is 18.2 Å². The van der Waals surface area contributed by atoms with Gasteiger partial charge in [-0.15, -0.1) is 21.5 Å². The normalized spacial score (nSPS) is 11.9. The van der Waals surface area contributed by atoms with Crippen molar-refractivity contribution < 1.29 is 4.79 Å². The Bertz CT molecular complexity index is 821. The monoisotopic (exact) mass is 418 g/mol. The fourth-order valence-electron chi connectivity index (χ4n) is 2.43. The summed E-state index contributed by atoms with van der Waals surface area (Å²) >= 11 is 4.67. The van der Waals surface area contributed by atoms with Crippen LogP contribution < -0.4 is 10.6 Å². The molecule has 2 aromatic heterocycles. The number of rotatable bonds is 10. The Labute approximate surface area is 171 Å². The lowest BCUT2D eigenvalue weighted by atomic mass is 10.0. The molecule has 0 bridgehead atoms. The van der Waals surface area contributed by atoms with Crippen molar-refractivity contribution in [3.63, 3.8) is 0 Å². The van der Waals surface area contributed by atoms with E-state index in [1.807, 2.05) is 18.2 Å². The van der Waals surface area contributed by atoms with Crippen LogP contribution in [0.3, 0.4) is 0 Å². The minimum Gasteiger partial charge on any atom is -0.360 e. The first-order valence-corrected chi connectivity index (χ1v) is 11.4. The summed E-state index contributed by atoms with van der Waals surface area (Å²) in [4.78, 5) is 13.4. The zero-order chi connectivity index (χ0) is 18.9. The minimum absolute atomic E-state index is 0.0187. The van der Waals surface area contributed by atoms with Crippen LogP contribution in [-0.2, 0) is 11.2 Å². The van der Waals surface area contributed by atoms with Gasteiger partial charge in [-0.2, -0.15) is 0 Å². The molecule has 0 fully saturated rings. The zero-order valence-electron chi connectivity index (χ0n) is 15.1. The second-order valence-electron chi connectivity index (χ2n) is 6.03. The van der Waals surface area contributed by atoms with Crippen LogP contribution in [0.15, 0.2) is 52.2 Å². The van der Waals surface area contributed by atoms with Gasteiger partial charge in [0, 0.05) is 18.0 Å². The number of amides is 1. The lowest BCUT2D eigenvalue weighted by Crippen LogP contribution is -2.28. The minimum atomic E-state index is 0.0187. The molecule has 142 valence electrons. The largest absolute Gasteiger partial charge is 0.360 e. The molecule has 2 N–H and O–H groups in total. The van der Waals surface area contributed by atoms with Gasteiger partial charge >= 0.3 is 0 Å². The molecule has 0 radical (unpaired) electrons. The van der Waals surface area contributed by atoms with Crippen LogP contribution in [0.25, 0.3) is 0 Å². The van der Waals surface area contributed by atoms with E-state index >= 15 is 0 Å². The lowest BCUT2D eigenvalue weighted by Gasteiger charge is -2.12. The SMILES string of the molecule is CC(CNC(=O)CSc1nnc(NCCc2cccs2)s1)c1ccccc1. The van der Waals surface area contributed by atoms with Gasteiger partial charge in [0.1, 0.15) is 0 Å². The third-order valence-electron chi connectivity index (χ3n) is 3.93. The van der Waals surface area contributed by atoms with E-state index in [9.17, 15) is 4.79 Å². The Morgan fingerprint density at radius 2 is 2.04 bits per heavy atom. The first-order valence-electron chi connectivity index (χ1n) is 8.75. The maximum absolute atomic E-state index is 12.1. The van der Waals surface area contributed by atoms with Gasteiger partial charge in [-0.3, -0.25) is 4.79 Å². The van der Waals surface area contributed by atoms with Crippen LogP contribution in [0.2, 0.25) is 0 Å². The quantitative estimate of drug-likeness (QED) is 0.482. The molecule has 5 nitrogen and oxygen atoms in total. The van der Waals surface area contributed by atoms with Gasteiger partial charge in [-0.25, -0.2) is 0 Å². The third-order valence-corrected chi connectivity index (χ3v) is 6.89. The highest BCUT2D eigenvalue weighted by Crippen LogP contribution is 2.25. The molecule has 1 amide bonds. The van der Waals surface area contributed by atoms with Crippen LogP contribution in [0.4, 0.5) is 5.13 Å². The predicted molar refractivity (Wildman–Crippen MR) is 115 cm³/mol. The number of anilines is 1. The lowest BCUT2D eigenvalue weighted by molar-refractivity contribution is -0.118. The van der Waals surface area contributed by atoms with E-state index in [-0.39, 0.29) is 5.91 Å². The van der Waals surface area contributed by atoms with E-state index in [4.69, 9.17) is 0 Å². The molecule has 8 heteroatoms. The molecule has 2 heterocycles. The summed E-state index contributed by atoms with van der Waals surface area (Å²) in [7, 11) is 0. The smallest absolute Gasteiger partial charge is 0.230 e. The molecule has 1 unspecified atom stereocenters. The Hall–Kier alpha value is -1.90. The number of hydrogen-bond acceptors (Lipinski definition) is 7. The topological polar surface area (TPSA) is 66.9 Å². The molecule has 3 rings (SSSR count). The first-order chi connectivity index (χ1) is 13.2. The van der Waals surface area contributed by atoms with E-state index in [1.165, 1.54) is 33.5 Å². The average molecular weight is 419 g/mol. The van der Waals surface area contributed by atoms with Crippen molar-refractivity contribution in [3.8, 4) is 0 Å². The summed E-state index contributed by atoms with van der Waals surface area (Å²) < 4.78 is 0.805. The van der Waals surface area contributed by atoms with Crippen LogP contribution in [0, 0.1) is 0 Å². The van der Waals surface area contributed by atoms with Gasteiger partial charge in [0.25, 0.3) is 0 Å². The standard InChI is InChI=1S/C19H22N4OS3/c1-14(15-6-3-2-4-7-15)12-21-17(24)13-26-19-23-22-18(27-19)20-10-9-16-8-5-11-25-16/h2-8,11,14H,9-10,12-13H2,1H3,(H,20,22)(H,21,24). The predicted octanol–water partition coefficient (Wildman–Crippen LogP) is 4.27. The van der Waals surface area contributed by atoms with Gasteiger partial charge in [-0.1, -0.05) is 66.4 Å². The Kier molecular flexibility index (Phi) is 7.67. The van der Waals surface area contributed by atoms with Crippen molar-refractivity contribution in [3.05, 3.63) is 58.3 Å². The van der Waals surface area contributed by atoms with Crippen molar-refractivity contribution in [2.45, 2.75) is 23.6 Å². The first kappa shape index (κ1) is 19.9. The summed E-state index contributed by atoms with van der Waals surface area (Å²) in [5.74, 6) is 0.664. The zero-order valence-corrected chi connectivity index (χ0v) is 17.5. The van der Waals surface area contributed by atoms with Crippen molar-refractivity contribution in [1.82, 2.24) is 15.5 Å². The Morgan fingerprint density at radius 1 is 1.19 bits per heavy atom. The van der Waals surface area contributed by atoms with Crippen LogP contribution in [0.1, 0.15) is 23.3 Å². The maximum Gasteiger partial charge on any atom is 0.230 e. The molecule has 0 aliphatic carbocycles. The van der Waals surface area contributed by atoms with Crippen molar-refractivity contribution >= 4 is 45.5 Å². The molecule has 0 saturated carbocycles. The highest BCUT2D eigenvalue weighted by Gasteiger charge is 2.10. The number of benzene rings is 1. The van der Waals surface area contributed by atoms with E-state index in [2.05, 4.69) is 57.4 Å². The van der Waals surface area contributed by atoms with Crippen LogP contribution in [0.5, 0.6) is 0 Å². The van der Waals surface area contributed by atoms with E-state index in [1.54, 1.807) is 11.3 Å². The molecular weight excluding hydrogens is 396 g/mol. The van der Waals surface area contributed by atoms with Crippen molar-refractivity contribution in [1.29, 1.82) is 0 Å². The number of thioether (sulfide) groups is 1. The fraction of sp³-hybridized carbons (Fsp3) is 0.316. The molecule has 0 aliphatic heterocycles. The Morgan fingerprint density at radius 3 is 2.81 bits per heavy atom. The molecule has 0 spiro atoms. The van der Waals surface area contributed by atoms with Gasteiger partial charge < -0.3 is 10.6 Å². The van der Waals surface area contributed by atoms with Crippen molar-refractivity contribution in [2.24, 2.45) is 0 Å². The maximum atomic E-state index is 12.1. The van der Waals surface area contributed by atoms with E-state index < -0.39 is 0 Å². The third kappa shape index (κ3) is 6.64. The van der Waals surface area contributed by atoms with Gasteiger partial charge in [0.05, 0.1) is 5.75 Å². The number of aromatic nitrogens is 2. The number of hydrogen-bond donors (Lipinski definition) is 2. The second kappa shape index (κ2) is 10.4. The molecular formula is C19H22N4OS3. The molecule has 1 atom stereocenters. The number of thiophene rings is 1. The summed E-state index contributed by atoms with van der Waals surface area (Å²) in [5, 5.41) is 17.4. The fourth-order valence-corrected chi connectivity index (χ4v) is 4.75. The second-order valence-corrected chi connectivity index (χ2v) is 9.27. The molecule has 27 heavy (non-hydrogen) atoms. The highest BCUT2D eigenvalue weighted by molar-refractivity contribution is 8.01. The number of carbonyl (C=O) groups is 1. The van der Waals surface area contributed by atoms with Crippen LogP contribution >= 0.6 is 34.4 Å². The summed E-state index contributed by atoms with van der Waals surface area (Å²) in [6.45, 7) is 3.58. The van der Waals surface area contributed by atoms with Gasteiger partial charge in [0.15, 0.2) is 4.34 Å². The summed E-state index contributed by atoms with van der Waals surface area (Å²) in [5.41, 5.74) is 1.23. The highest BCUT2D eigenvalue weighted by atomic mass is 32.2. The molecule has 0 saturated heterocycles. The van der Waals surface area contributed by atoms with Gasteiger partial charge in [-0.05, 0) is 29.3 Å². The summed E-state index contributed by atoms with van der Waals surface area (Å²) in [6, 6.07) is 14.4. The molecule has 0 aliphatic rings. The number of carbonyl (C=O) groups excluding carboxylic acids is 1. The van der Waals surface area contributed by atoms with Crippen LogP contribution in [-0.4, -0.2) is 34.9 Å². The van der Waals surface area contributed by atoms with E-state index in [0.717, 1.165) is 22.4 Å². The Balaban J connectivity index is 1.34. The summed E-state index contributed by atoms with van der Waals surface area (Å²) in [6.07, 6.45) is 0.974. The number of nitrogens with one attached hydrogen (secondary N) is 2. The molecule has 3 aromatic rings. The number of nitrogens with zero attached hydrogens (tertiary/aromatic N) is 2. The van der Waals surface area contributed by atoms with Crippen molar-refractivity contribution in [2.75, 3.05) is 24.2 Å². The van der Waals surface area contributed by atoms with Gasteiger partial charge in [0.2, 0.25) is 11.0 Å². The molecule has 1 aromatic carbocycles.